The minimum Gasteiger partial charge on any atom is -0.495 e. The average molecular weight is 482 g/mol. The summed E-state index contributed by atoms with van der Waals surface area (Å²) in [6.07, 6.45) is -0.0332. The van der Waals surface area contributed by atoms with Gasteiger partial charge in [0.1, 0.15) is 16.5 Å². The number of hydrogen-bond acceptors (Lipinski definition) is 6. The van der Waals surface area contributed by atoms with Crippen LogP contribution in [0.3, 0.4) is 0 Å². The smallest absolute Gasteiger partial charge is 0.251 e. The lowest BCUT2D eigenvalue weighted by Gasteiger charge is -2.36. The van der Waals surface area contributed by atoms with Crippen LogP contribution in [0.1, 0.15) is 6.42 Å². The predicted molar refractivity (Wildman–Crippen MR) is 116 cm³/mol. The number of halogens is 2. The molecule has 2 aromatic rings. The summed E-state index contributed by atoms with van der Waals surface area (Å²) in [5, 5.41) is 0.358. The van der Waals surface area contributed by atoms with Gasteiger partial charge in [0, 0.05) is 31.2 Å². The lowest BCUT2D eigenvalue weighted by atomic mass is 10.2. The molecule has 0 N–H and O–H groups in total. The van der Waals surface area contributed by atoms with E-state index in [0.29, 0.717) is 10.8 Å². The largest absolute Gasteiger partial charge is 0.495 e. The fraction of sp³-hybridized carbons (Fsp3) is 0.333. The Hall–Kier alpha value is -2.53. The first-order valence-corrected chi connectivity index (χ1v) is 11.7. The molecule has 0 spiro atoms. The number of carbonyl (C=O) groups is 2. The van der Waals surface area contributed by atoms with E-state index < -0.39 is 27.8 Å². The van der Waals surface area contributed by atoms with Gasteiger partial charge in [-0.3, -0.25) is 14.5 Å². The molecule has 2 aliphatic heterocycles. The van der Waals surface area contributed by atoms with E-state index in [1.807, 2.05) is 0 Å². The fourth-order valence-electron chi connectivity index (χ4n) is 4.04. The molecule has 32 heavy (non-hydrogen) atoms. The van der Waals surface area contributed by atoms with E-state index in [2.05, 4.69) is 0 Å². The van der Waals surface area contributed by atoms with Crippen LogP contribution in [0, 0.1) is 5.82 Å². The molecule has 2 heterocycles. The Labute approximate surface area is 190 Å². The predicted octanol–water partition coefficient (Wildman–Crippen LogP) is 2.13. The highest BCUT2D eigenvalue weighted by Gasteiger charge is 2.45. The van der Waals surface area contributed by atoms with Crippen molar-refractivity contribution in [1.82, 2.24) is 9.21 Å². The highest BCUT2D eigenvalue weighted by molar-refractivity contribution is 7.89. The standard InChI is InChI=1S/C21H21ClFN3O5S/c1-31-18-7-6-14(22)12-16(18)26-20(27)13-17(21(26)28)24-8-10-25(11-9-24)32(29,30)19-5-3-2-4-15(19)23/h2-7,12,17H,8-11,13H2,1H3/t17-/m0/s1. The molecule has 2 saturated heterocycles. The molecule has 0 saturated carbocycles. The summed E-state index contributed by atoms with van der Waals surface area (Å²) >= 11 is 6.05. The second kappa shape index (κ2) is 8.78. The van der Waals surface area contributed by atoms with Crippen molar-refractivity contribution in [3.63, 3.8) is 0 Å². The molecular weight excluding hydrogens is 461 g/mol. The maximum Gasteiger partial charge on any atom is 0.251 e. The highest BCUT2D eigenvalue weighted by atomic mass is 35.5. The van der Waals surface area contributed by atoms with Crippen LogP contribution in [0.2, 0.25) is 5.02 Å². The number of carbonyl (C=O) groups excluding carboxylic acids is 2. The van der Waals surface area contributed by atoms with Gasteiger partial charge in [0.25, 0.3) is 5.91 Å². The number of imide groups is 1. The van der Waals surface area contributed by atoms with Gasteiger partial charge in [-0.05, 0) is 30.3 Å². The summed E-state index contributed by atoms with van der Waals surface area (Å²) in [5.41, 5.74) is 0.276. The molecule has 0 radical (unpaired) electrons. The molecule has 2 aromatic carbocycles. The van der Waals surface area contributed by atoms with E-state index in [4.69, 9.17) is 16.3 Å². The molecule has 2 fully saturated rings. The number of sulfonamides is 1. The van der Waals surface area contributed by atoms with E-state index in [1.165, 1.54) is 35.7 Å². The third-order valence-corrected chi connectivity index (χ3v) is 7.84. The quantitative estimate of drug-likeness (QED) is 0.608. The number of anilines is 1. The molecule has 8 nitrogen and oxygen atoms in total. The number of methoxy groups -OCH3 is 1. The first-order chi connectivity index (χ1) is 15.2. The Morgan fingerprint density at radius 1 is 1.06 bits per heavy atom. The van der Waals surface area contributed by atoms with Crippen LogP contribution in [-0.2, 0) is 19.6 Å². The van der Waals surface area contributed by atoms with Crippen LogP contribution in [0.15, 0.2) is 47.4 Å². The van der Waals surface area contributed by atoms with Crippen molar-refractivity contribution in [2.45, 2.75) is 17.4 Å². The van der Waals surface area contributed by atoms with Gasteiger partial charge >= 0.3 is 0 Å². The third kappa shape index (κ3) is 3.99. The fourth-order valence-corrected chi connectivity index (χ4v) is 5.69. The maximum absolute atomic E-state index is 14.0. The summed E-state index contributed by atoms with van der Waals surface area (Å²) in [5.74, 6) is -1.27. The van der Waals surface area contributed by atoms with Crippen molar-refractivity contribution in [2.24, 2.45) is 0 Å². The van der Waals surface area contributed by atoms with E-state index in [-0.39, 0.29) is 49.1 Å². The van der Waals surface area contributed by atoms with E-state index in [0.717, 1.165) is 11.0 Å². The second-order valence-corrected chi connectivity index (χ2v) is 9.82. The molecule has 0 unspecified atom stereocenters. The van der Waals surface area contributed by atoms with Crippen molar-refractivity contribution in [2.75, 3.05) is 38.2 Å². The van der Waals surface area contributed by atoms with Gasteiger partial charge in [-0.15, -0.1) is 0 Å². The summed E-state index contributed by atoms with van der Waals surface area (Å²) < 4.78 is 46.1. The first kappa shape index (κ1) is 22.7. The van der Waals surface area contributed by atoms with Crippen molar-refractivity contribution < 1.29 is 27.1 Å². The van der Waals surface area contributed by atoms with Crippen LogP contribution in [-0.4, -0.2) is 68.8 Å². The van der Waals surface area contributed by atoms with Crippen LogP contribution in [0.5, 0.6) is 5.75 Å². The van der Waals surface area contributed by atoms with Gasteiger partial charge in [-0.1, -0.05) is 23.7 Å². The average Bonchev–Trinajstić information content (AvgIpc) is 3.07. The second-order valence-electron chi connectivity index (χ2n) is 7.47. The Bertz CT molecular complexity index is 1170. The number of ether oxygens (including phenoxy) is 1. The summed E-state index contributed by atoms with van der Waals surface area (Å²) in [7, 11) is -2.56. The van der Waals surface area contributed by atoms with Gasteiger partial charge in [0.15, 0.2) is 0 Å². The Morgan fingerprint density at radius 2 is 1.75 bits per heavy atom. The number of piperazine rings is 1. The lowest BCUT2D eigenvalue weighted by Crippen LogP contribution is -2.53. The summed E-state index contributed by atoms with van der Waals surface area (Å²) in [4.78, 5) is 28.3. The van der Waals surface area contributed by atoms with Crippen LogP contribution in [0.25, 0.3) is 0 Å². The maximum atomic E-state index is 14.0. The van der Waals surface area contributed by atoms with E-state index in [1.54, 1.807) is 17.0 Å². The molecule has 2 aliphatic rings. The van der Waals surface area contributed by atoms with Crippen molar-refractivity contribution in [3.8, 4) is 5.75 Å². The molecule has 0 bridgehead atoms. The zero-order chi connectivity index (χ0) is 23.0. The SMILES string of the molecule is COc1ccc(Cl)cc1N1C(=O)C[C@H](N2CCN(S(=O)(=O)c3ccccc3F)CC2)C1=O. The monoisotopic (exact) mass is 481 g/mol. The number of benzene rings is 2. The van der Waals surface area contributed by atoms with Crippen LogP contribution < -0.4 is 9.64 Å². The van der Waals surface area contributed by atoms with Crippen LogP contribution >= 0.6 is 11.6 Å². The highest BCUT2D eigenvalue weighted by Crippen LogP contribution is 2.35. The molecule has 170 valence electrons. The lowest BCUT2D eigenvalue weighted by molar-refractivity contribution is -0.123. The molecule has 4 rings (SSSR count). The zero-order valence-corrected chi connectivity index (χ0v) is 18.8. The van der Waals surface area contributed by atoms with Gasteiger partial charge in [-0.2, -0.15) is 4.31 Å². The molecule has 2 amide bonds. The number of rotatable bonds is 5. The Kier molecular flexibility index (Phi) is 6.22. The van der Waals surface area contributed by atoms with Crippen LogP contribution in [0.4, 0.5) is 10.1 Å². The van der Waals surface area contributed by atoms with Gasteiger partial charge in [-0.25, -0.2) is 17.7 Å². The van der Waals surface area contributed by atoms with Gasteiger partial charge < -0.3 is 4.74 Å². The number of nitrogens with zero attached hydrogens (tertiary/aromatic N) is 3. The number of hydrogen-bond donors (Lipinski definition) is 0. The third-order valence-electron chi connectivity index (χ3n) is 5.67. The minimum absolute atomic E-state index is 0.0332. The molecule has 1 atom stereocenters. The Balaban J connectivity index is 1.49. The van der Waals surface area contributed by atoms with Gasteiger partial charge in [0.2, 0.25) is 15.9 Å². The topological polar surface area (TPSA) is 87.2 Å². The Morgan fingerprint density at radius 3 is 2.41 bits per heavy atom. The van der Waals surface area contributed by atoms with Gasteiger partial charge in [0.05, 0.1) is 25.3 Å². The number of amides is 2. The molecular formula is C21H21ClFN3O5S. The minimum atomic E-state index is -3.99. The first-order valence-electron chi connectivity index (χ1n) is 9.93. The summed E-state index contributed by atoms with van der Waals surface area (Å²) in [6.45, 7) is 0.625. The molecule has 0 aromatic heterocycles. The summed E-state index contributed by atoms with van der Waals surface area (Å²) in [6, 6.07) is 9.18. The molecule has 11 heteroatoms. The van der Waals surface area contributed by atoms with Crippen molar-refractivity contribution >= 4 is 39.1 Å². The van der Waals surface area contributed by atoms with Crippen molar-refractivity contribution in [1.29, 1.82) is 0 Å². The van der Waals surface area contributed by atoms with E-state index in [9.17, 15) is 22.4 Å². The zero-order valence-electron chi connectivity index (χ0n) is 17.2. The molecule has 0 aliphatic carbocycles. The normalized spacial score (nSPS) is 20.7. The van der Waals surface area contributed by atoms with Crippen molar-refractivity contribution in [3.05, 3.63) is 53.3 Å². The van der Waals surface area contributed by atoms with E-state index >= 15 is 0 Å².